The first-order valence-corrected chi connectivity index (χ1v) is 7.39. The van der Waals surface area contributed by atoms with E-state index in [0.717, 1.165) is 30.0 Å². The van der Waals surface area contributed by atoms with Gasteiger partial charge in [0.05, 0.1) is 12.8 Å². The predicted octanol–water partition coefficient (Wildman–Crippen LogP) is 1.26. The summed E-state index contributed by atoms with van der Waals surface area (Å²) in [6.45, 7) is 1.59. The van der Waals surface area contributed by atoms with Crippen LogP contribution in [0.5, 0.6) is 5.75 Å². The lowest BCUT2D eigenvalue weighted by Gasteiger charge is -2.11. The van der Waals surface area contributed by atoms with E-state index < -0.39 is 6.10 Å². The summed E-state index contributed by atoms with van der Waals surface area (Å²) in [6, 6.07) is 7.57. The van der Waals surface area contributed by atoms with E-state index in [1.807, 2.05) is 38.4 Å². The number of hydrogen-bond donors (Lipinski definition) is 1. The van der Waals surface area contributed by atoms with Gasteiger partial charge in [-0.05, 0) is 56.9 Å². The number of oxime groups is 1. The van der Waals surface area contributed by atoms with Crippen molar-refractivity contribution in [3.05, 3.63) is 29.8 Å². The van der Waals surface area contributed by atoms with Gasteiger partial charge in [0.2, 0.25) is 6.10 Å². The molecule has 0 bridgehead atoms. The van der Waals surface area contributed by atoms with Crippen LogP contribution >= 0.6 is 0 Å². The fraction of sp³-hybridized carbons (Fsp3) is 0.500. The average molecular weight is 305 g/mol. The lowest BCUT2D eigenvalue weighted by molar-refractivity contribution is -0.131. The molecule has 120 valence electrons. The van der Waals surface area contributed by atoms with Crippen LogP contribution in [0.3, 0.4) is 0 Å². The molecule has 0 spiro atoms. The maximum Gasteiger partial charge on any atom is 0.264 e. The van der Waals surface area contributed by atoms with Crippen LogP contribution in [-0.2, 0) is 9.63 Å². The van der Waals surface area contributed by atoms with Gasteiger partial charge in [-0.3, -0.25) is 4.79 Å². The number of nitrogens with zero attached hydrogens (tertiary/aromatic N) is 2. The van der Waals surface area contributed by atoms with Crippen LogP contribution < -0.4 is 10.1 Å². The summed E-state index contributed by atoms with van der Waals surface area (Å²) in [5.41, 5.74) is 1.74. The first-order valence-electron chi connectivity index (χ1n) is 7.39. The highest BCUT2D eigenvalue weighted by Crippen LogP contribution is 2.19. The third-order valence-corrected chi connectivity index (χ3v) is 3.47. The Kier molecular flexibility index (Phi) is 5.77. The van der Waals surface area contributed by atoms with Crippen LogP contribution in [0.4, 0.5) is 0 Å². The molecule has 1 atom stereocenters. The molecular weight excluding hydrogens is 282 g/mol. The van der Waals surface area contributed by atoms with Gasteiger partial charge in [-0.25, -0.2) is 0 Å². The van der Waals surface area contributed by atoms with E-state index >= 15 is 0 Å². The van der Waals surface area contributed by atoms with Gasteiger partial charge in [0.15, 0.2) is 0 Å². The fourth-order valence-corrected chi connectivity index (χ4v) is 2.19. The smallest absolute Gasteiger partial charge is 0.264 e. The minimum Gasteiger partial charge on any atom is -0.497 e. The minimum atomic E-state index is -0.531. The molecule has 0 aliphatic carbocycles. The molecule has 1 aromatic carbocycles. The van der Waals surface area contributed by atoms with Crippen molar-refractivity contribution in [2.75, 3.05) is 34.3 Å². The van der Waals surface area contributed by atoms with Crippen LogP contribution in [0, 0.1) is 0 Å². The van der Waals surface area contributed by atoms with Crippen molar-refractivity contribution in [1.82, 2.24) is 10.2 Å². The Labute approximate surface area is 131 Å². The second-order valence-electron chi connectivity index (χ2n) is 5.51. The van der Waals surface area contributed by atoms with Crippen LogP contribution in [-0.4, -0.2) is 56.9 Å². The highest BCUT2D eigenvalue weighted by Gasteiger charge is 2.28. The zero-order chi connectivity index (χ0) is 15.9. The Morgan fingerprint density at radius 1 is 1.41 bits per heavy atom. The highest BCUT2D eigenvalue weighted by atomic mass is 16.6. The summed E-state index contributed by atoms with van der Waals surface area (Å²) in [5, 5.41) is 6.91. The van der Waals surface area contributed by atoms with Gasteiger partial charge in [0, 0.05) is 13.0 Å². The summed E-state index contributed by atoms with van der Waals surface area (Å²) in [5.74, 6) is 0.685. The van der Waals surface area contributed by atoms with Gasteiger partial charge in [0.1, 0.15) is 5.75 Å². The molecule has 1 N–H and O–H groups in total. The Morgan fingerprint density at radius 3 is 2.77 bits per heavy atom. The van der Waals surface area contributed by atoms with Crippen molar-refractivity contribution < 1.29 is 14.4 Å². The van der Waals surface area contributed by atoms with Gasteiger partial charge >= 0.3 is 0 Å². The van der Waals surface area contributed by atoms with E-state index in [4.69, 9.17) is 9.57 Å². The van der Waals surface area contributed by atoms with Crippen molar-refractivity contribution in [2.24, 2.45) is 5.16 Å². The fourth-order valence-electron chi connectivity index (χ4n) is 2.19. The van der Waals surface area contributed by atoms with E-state index in [9.17, 15) is 4.79 Å². The number of rotatable bonds is 7. The van der Waals surface area contributed by atoms with Crippen molar-refractivity contribution in [3.8, 4) is 5.75 Å². The third kappa shape index (κ3) is 4.46. The van der Waals surface area contributed by atoms with E-state index in [1.165, 1.54) is 0 Å². The number of carbonyl (C=O) groups is 1. The van der Waals surface area contributed by atoms with Gasteiger partial charge in [-0.1, -0.05) is 5.16 Å². The molecule has 0 fully saturated rings. The predicted molar refractivity (Wildman–Crippen MR) is 85.2 cm³/mol. The Morgan fingerprint density at radius 2 is 2.14 bits per heavy atom. The van der Waals surface area contributed by atoms with E-state index in [-0.39, 0.29) is 5.91 Å². The lowest BCUT2D eigenvalue weighted by Crippen LogP contribution is -2.36. The first kappa shape index (κ1) is 16.3. The van der Waals surface area contributed by atoms with Crippen molar-refractivity contribution in [3.63, 3.8) is 0 Å². The largest absolute Gasteiger partial charge is 0.497 e. The van der Waals surface area contributed by atoms with Crippen LogP contribution in [0.25, 0.3) is 0 Å². The summed E-state index contributed by atoms with van der Waals surface area (Å²) in [7, 11) is 5.65. The average Bonchev–Trinajstić information content (AvgIpc) is 3.01. The van der Waals surface area contributed by atoms with E-state index in [0.29, 0.717) is 13.0 Å². The second kappa shape index (κ2) is 7.79. The maximum atomic E-state index is 12.0. The van der Waals surface area contributed by atoms with Gasteiger partial charge in [-0.2, -0.15) is 0 Å². The normalized spacial score (nSPS) is 17.1. The number of ether oxygens (including phenoxy) is 1. The summed E-state index contributed by atoms with van der Waals surface area (Å²) >= 11 is 0. The molecule has 0 saturated heterocycles. The molecule has 0 aromatic heterocycles. The maximum absolute atomic E-state index is 12.0. The molecule has 1 aliphatic heterocycles. The number of methoxy groups -OCH3 is 1. The van der Waals surface area contributed by atoms with Gasteiger partial charge < -0.3 is 19.8 Å². The zero-order valence-electron chi connectivity index (χ0n) is 13.3. The quantitative estimate of drug-likeness (QED) is 0.770. The standard InChI is InChI=1S/C16H23N3O3/c1-19(2)10-4-9-17-16(20)15-11-14(18-22-15)12-5-7-13(21-3)8-6-12/h5-8,15H,4,9-11H2,1-3H3,(H,17,20). The first-order chi connectivity index (χ1) is 10.6. The molecule has 0 radical (unpaired) electrons. The highest BCUT2D eigenvalue weighted by molar-refractivity contribution is 6.04. The topological polar surface area (TPSA) is 63.2 Å². The summed E-state index contributed by atoms with van der Waals surface area (Å²) in [4.78, 5) is 19.4. The second-order valence-corrected chi connectivity index (χ2v) is 5.51. The lowest BCUT2D eigenvalue weighted by atomic mass is 10.0. The van der Waals surface area contributed by atoms with Crippen LogP contribution in [0.15, 0.2) is 29.4 Å². The van der Waals surface area contributed by atoms with E-state index in [1.54, 1.807) is 7.11 Å². The van der Waals surface area contributed by atoms with Crippen LogP contribution in [0.1, 0.15) is 18.4 Å². The Balaban J connectivity index is 1.79. The number of nitrogens with one attached hydrogen (secondary N) is 1. The molecule has 1 aromatic rings. The van der Waals surface area contributed by atoms with E-state index in [2.05, 4.69) is 15.4 Å². The van der Waals surface area contributed by atoms with Crippen molar-refractivity contribution >= 4 is 11.6 Å². The molecule has 22 heavy (non-hydrogen) atoms. The Bertz CT molecular complexity index is 526. The summed E-state index contributed by atoms with van der Waals surface area (Å²) in [6.07, 6.45) is 0.875. The minimum absolute atomic E-state index is 0.106. The van der Waals surface area contributed by atoms with Crippen LogP contribution in [0.2, 0.25) is 0 Å². The molecule has 1 amide bonds. The zero-order valence-corrected chi connectivity index (χ0v) is 13.3. The van der Waals surface area contributed by atoms with Gasteiger partial charge in [-0.15, -0.1) is 0 Å². The SMILES string of the molecule is COc1ccc(C2=NOC(C(=O)NCCCN(C)C)C2)cc1. The molecule has 1 heterocycles. The molecule has 1 aliphatic rings. The molecule has 2 rings (SSSR count). The summed E-state index contributed by atoms with van der Waals surface area (Å²) < 4.78 is 5.12. The van der Waals surface area contributed by atoms with Crippen molar-refractivity contribution in [2.45, 2.75) is 18.9 Å². The molecule has 0 saturated carbocycles. The molecular formula is C16H23N3O3. The Hall–Kier alpha value is -2.08. The monoisotopic (exact) mass is 305 g/mol. The number of benzene rings is 1. The molecule has 6 heteroatoms. The molecule has 1 unspecified atom stereocenters. The third-order valence-electron chi connectivity index (χ3n) is 3.47. The van der Waals surface area contributed by atoms with Gasteiger partial charge in [0.25, 0.3) is 5.91 Å². The number of carbonyl (C=O) groups excluding carboxylic acids is 1. The number of amides is 1. The van der Waals surface area contributed by atoms with Crippen molar-refractivity contribution in [1.29, 1.82) is 0 Å². The number of hydrogen-bond acceptors (Lipinski definition) is 5. The molecule has 6 nitrogen and oxygen atoms in total.